The lowest BCUT2D eigenvalue weighted by molar-refractivity contribution is -0.137. The normalized spacial score (nSPS) is 20.6. The summed E-state index contributed by atoms with van der Waals surface area (Å²) in [6, 6.07) is 7.99. The highest BCUT2D eigenvalue weighted by Gasteiger charge is 2.40. The fraction of sp³-hybridized carbons (Fsp3) is 0.703. The monoisotopic (exact) mass is 652 g/mol. The van der Waals surface area contributed by atoms with Crippen molar-refractivity contribution in [2.24, 2.45) is 17.8 Å². The van der Waals surface area contributed by atoms with Gasteiger partial charge in [-0.3, -0.25) is 19.3 Å². The molecule has 0 radical (unpaired) electrons. The number of hydrogen-bond acceptors (Lipinski definition) is 7. The van der Waals surface area contributed by atoms with Crippen LogP contribution in [0.1, 0.15) is 76.2 Å². The number of nitrogens with one attached hydrogen (secondary N) is 2. The van der Waals surface area contributed by atoms with Crippen molar-refractivity contribution in [1.29, 1.82) is 0 Å². The number of amides is 3. The number of morpholine rings is 1. The highest BCUT2D eigenvalue weighted by Crippen LogP contribution is 2.36. The number of hydrogen-bond donors (Lipinski definition) is 4. The quantitative estimate of drug-likeness (QED) is 0.179. The molecule has 47 heavy (non-hydrogen) atoms. The van der Waals surface area contributed by atoms with E-state index in [1.54, 1.807) is 11.9 Å². The van der Waals surface area contributed by atoms with Crippen LogP contribution in [0.5, 0.6) is 0 Å². The summed E-state index contributed by atoms with van der Waals surface area (Å²) in [5, 5.41) is 28.0. The summed E-state index contributed by atoms with van der Waals surface area (Å²) >= 11 is 0. The van der Waals surface area contributed by atoms with Crippen molar-refractivity contribution in [3.63, 3.8) is 0 Å². The van der Waals surface area contributed by atoms with E-state index in [0.29, 0.717) is 38.5 Å². The van der Waals surface area contributed by atoms with Crippen molar-refractivity contribution in [3.8, 4) is 12.3 Å². The summed E-state index contributed by atoms with van der Waals surface area (Å²) in [5.41, 5.74) is 0.922. The molecule has 0 spiro atoms. The zero-order chi connectivity index (χ0) is 33.6. The Labute approximate surface area is 281 Å². The van der Waals surface area contributed by atoms with Crippen LogP contribution in [-0.4, -0.2) is 108 Å². The largest absolute Gasteiger partial charge is 0.390 e. The van der Waals surface area contributed by atoms with Crippen LogP contribution in [0.25, 0.3) is 0 Å². The minimum Gasteiger partial charge on any atom is -0.390 e. The fourth-order valence-electron chi connectivity index (χ4n) is 6.85. The summed E-state index contributed by atoms with van der Waals surface area (Å²) in [7, 11) is 1.76. The molecule has 1 aliphatic heterocycles. The van der Waals surface area contributed by atoms with E-state index in [-0.39, 0.29) is 37.0 Å². The molecule has 1 aromatic rings. The van der Waals surface area contributed by atoms with E-state index in [2.05, 4.69) is 21.5 Å². The third kappa shape index (κ3) is 12.2. The first-order valence-electron chi connectivity index (χ1n) is 17.7. The molecule has 260 valence electrons. The Balaban J connectivity index is 1.44. The number of aliphatic hydroxyl groups excluding tert-OH is 2. The number of likely N-dealkylation sites (N-methyl/N-ethyl adjacent to an activating group) is 1. The molecule has 2 saturated carbocycles. The molecule has 1 heterocycles. The topological polar surface area (TPSA) is 131 Å². The summed E-state index contributed by atoms with van der Waals surface area (Å²) in [6.45, 7) is 4.32. The van der Waals surface area contributed by atoms with Crippen molar-refractivity contribution < 1.29 is 29.3 Å². The molecule has 0 aromatic heterocycles. The molecule has 2 aliphatic carbocycles. The van der Waals surface area contributed by atoms with Crippen molar-refractivity contribution in [3.05, 3.63) is 35.9 Å². The molecule has 3 fully saturated rings. The third-order valence-electron chi connectivity index (χ3n) is 10.1. The molecular weight excluding hydrogens is 596 g/mol. The maximum Gasteiger partial charge on any atom is 0.242 e. The second-order valence-electron chi connectivity index (χ2n) is 13.8. The van der Waals surface area contributed by atoms with E-state index in [0.717, 1.165) is 63.7 Å². The van der Waals surface area contributed by atoms with Gasteiger partial charge in [0.1, 0.15) is 12.1 Å². The fourth-order valence-corrected chi connectivity index (χ4v) is 6.85. The average molecular weight is 653 g/mol. The number of ether oxygens (including phenoxy) is 1. The van der Waals surface area contributed by atoms with Gasteiger partial charge in [-0.1, -0.05) is 62.4 Å². The molecule has 4 rings (SSSR count). The Morgan fingerprint density at radius 2 is 1.72 bits per heavy atom. The van der Waals surface area contributed by atoms with Gasteiger partial charge in [0.05, 0.1) is 31.3 Å². The van der Waals surface area contributed by atoms with Crippen LogP contribution < -0.4 is 10.6 Å². The van der Waals surface area contributed by atoms with Gasteiger partial charge in [0, 0.05) is 46.1 Å². The van der Waals surface area contributed by atoms with Crippen molar-refractivity contribution >= 4 is 17.7 Å². The Kier molecular flexibility index (Phi) is 15.0. The number of carbonyl (C=O) groups excluding carboxylic acids is 3. The van der Waals surface area contributed by atoms with Gasteiger partial charge in [-0.05, 0) is 49.5 Å². The number of benzene rings is 1. The van der Waals surface area contributed by atoms with Crippen molar-refractivity contribution in [2.45, 2.75) is 101 Å². The van der Waals surface area contributed by atoms with Crippen LogP contribution in [0, 0.1) is 30.1 Å². The Morgan fingerprint density at radius 3 is 2.38 bits per heavy atom. The van der Waals surface area contributed by atoms with E-state index in [1.165, 1.54) is 6.42 Å². The maximum absolute atomic E-state index is 13.9. The van der Waals surface area contributed by atoms with E-state index in [9.17, 15) is 24.6 Å². The van der Waals surface area contributed by atoms with Crippen LogP contribution >= 0.6 is 0 Å². The van der Waals surface area contributed by atoms with E-state index in [1.807, 2.05) is 30.3 Å². The molecule has 10 nitrogen and oxygen atoms in total. The number of carbonyl (C=O) groups is 3. The summed E-state index contributed by atoms with van der Waals surface area (Å²) in [6.07, 6.45) is 12.2. The van der Waals surface area contributed by atoms with Gasteiger partial charge in [0.25, 0.3) is 0 Å². The molecule has 4 N–H and O–H groups in total. The first-order chi connectivity index (χ1) is 22.7. The summed E-state index contributed by atoms with van der Waals surface area (Å²) < 4.78 is 5.42. The van der Waals surface area contributed by atoms with Crippen LogP contribution in [0.15, 0.2) is 30.3 Å². The summed E-state index contributed by atoms with van der Waals surface area (Å²) in [5.74, 6) is 1.34. The Hall–Kier alpha value is -2.97. The predicted octanol–water partition coefficient (Wildman–Crippen LogP) is 2.51. The lowest BCUT2D eigenvalue weighted by atomic mass is 9.82. The van der Waals surface area contributed by atoms with E-state index in [4.69, 9.17) is 11.2 Å². The van der Waals surface area contributed by atoms with Gasteiger partial charge in [-0.15, -0.1) is 12.3 Å². The lowest BCUT2D eigenvalue weighted by Crippen LogP contribution is -2.56. The van der Waals surface area contributed by atoms with Gasteiger partial charge >= 0.3 is 0 Å². The van der Waals surface area contributed by atoms with Crippen molar-refractivity contribution in [1.82, 2.24) is 20.4 Å². The first kappa shape index (κ1) is 36.9. The average Bonchev–Trinajstić information content (AvgIpc) is 3.95. The standard InChI is InChI=1S/C37H56N4O6/c1-3-4-15-31(37(46)39-32(25-28-13-9-6-10-14-28)35(44)34(43)29-16-17-29)38-36(45)30(24-27-11-7-5-8-12-27)26-33(42)40(2)18-19-41-20-22-47-23-21-41/h1,5,7-8,11-12,28-32,34-35,43-44H,4,6,9-10,13-26H2,2H3,(H,38,45)(H,39,46)/t30-,31+,32+,34+,35-/m1/s1. The molecule has 1 saturated heterocycles. The molecule has 1 aromatic carbocycles. The SMILES string of the molecule is C#CCC[C@H](NC(=O)[C@@H](CC(=O)N(C)CCN1CCOCC1)Cc1ccccc1)C(=O)N[C@@H](CC1CCCCC1)[C@@H](O)[C@@H](O)C1CC1. The Morgan fingerprint density at radius 1 is 1.02 bits per heavy atom. The lowest BCUT2D eigenvalue weighted by Gasteiger charge is -2.33. The van der Waals surface area contributed by atoms with E-state index >= 15 is 0 Å². The zero-order valence-electron chi connectivity index (χ0n) is 28.2. The van der Waals surface area contributed by atoms with Crippen LogP contribution in [0.2, 0.25) is 0 Å². The van der Waals surface area contributed by atoms with Gasteiger partial charge < -0.3 is 30.5 Å². The van der Waals surface area contributed by atoms with Crippen LogP contribution in [0.4, 0.5) is 0 Å². The molecular formula is C37H56N4O6. The second-order valence-corrected chi connectivity index (χ2v) is 13.8. The Bertz CT molecular complexity index is 1160. The molecule has 3 aliphatic rings. The smallest absolute Gasteiger partial charge is 0.242 e. The highest BCUT2D eigenvalue weighted by molar-refractivity contribution is 5.91. The molecule has 0 bridgehead atoms. The second kappa shape index (κ2) is 19.1. The molecule has 0 unspecified atom stereocenters. The van der Waals surface area contributed by atoms with Gasteiger partial charge in [-0.2, -0.15) is 0 Å². The number of rotatable bonds is 18. The van der Waals surface area contributed by atoms with Gasteiger partial charge in [0.15, 0.2) is 0 Å². The number of nitrogens with zero attached hydrogens (tertiary/aromatic N) is 2. The zero-order valence-corrected chi connectivity index (χ0v) is 28.2. The first-order valence-corrected chi connectivity index (χ1v) is 17.7. The molecule has 5 atom stereocenters. The van der Waals surface area contributed by atoms with Gasteiger partial charge in [0.2, 0.25) is 17.7 Å². The molecule has 10 heteroatoms. The van der Waals surface area contributed by atoms with Crippen LogP contribution in [-0.2, 0) is 25.5 Å². The van der Waals surface area contributed by atoms with Crippen molar-refractivity contribution in [2.75, 3.05) is 46.4 Å². The van der Waals surface area contributed by atoms with E-state index < -0.39 is 36.1 Å². The highest BCUT2D eigenvalue weighted by atomic mass is 16.5. The summed E-state index contributed by atoms with van der Waals surface area (Å²) in [4.78, 5) is 45.1. The molecule has 3 amide bonds. The number of aliphatic hydroxyl groups is 2. The van der Waals surface area contributed by atoms with Gasteiger partial charge in [-0.25, -0.2) is 0 Å². The maximum atomic E-state index is 13.9. The third-order valence-corrected chi connectivity index (χ3v) is 10.1. The minimum absolute atomic E-state index is 0.000413. The predicted molar refractivity (Wildman–Crippen MR) is 181 cm³/mol. The van der Waals surface area contributed by atoms with Crippen LogP contribution in [0.3, 0.4) is 0 Å². The number of terminal acetylenes is 1. The minimum atomic E-state index is -1.09.